The lowest BCUT2D eigenvalue weighted by Crippen LogP contribution is -2.39. The fourth-order valence-electron chi connectivity index (χ4n) is 2.14. The molecule has 0 amide bonds. The molecule has 0 aromatic heterocycles. The van der Waals surface area contributed by atoms with Crippen molar-refractivity contribution in [1.82, 2.24) is 5.32 Å². The summed E-state index contributed by atoms with van der Waals surface area (Å²) >= 11 is 0. The fourth-order valence-corrected chi connectivity index (χ4v) is 2.14. The lowest BCUT2D eigenvalue weighted by atomic mass is 9.86. The van der Waals surface area contributed by atoms with Crippen LogP contribution in [-0.2, 0) is 0 Å². The van der Waals surface area contributed by atoms with E-state index in [-0.39, 0.29) is 0 Å². The molecule has 0 atom stereocenters. The van der Waals surface area contributed by atoms with Gasteiger partial charge in [-0.15, -0.1) is 0 Å². The maximum atomic E-state index is 3.55. The van der Waals surface area contributed by atoms with Crippen molar-refractivity contribution in [2.24, 2.45) is 5.41 Å². The summed E-state index contributed by atoms with van der Waals surface area (Å²) in [5.41, 5.74) is 1.18. The Morgan fingerprint density at radius 2 is 1.78 bits per heavy atom. The van der Waals surface area contributed by atoms with Crippen LogP contribution in [-0.4, -0.2) is 12.1 Å². The van der Waals surface area contributed by atoms with Crippen LogP contribution in [0.3, 0.4) is 0 Å². The zero-order chi connectivity index (χ0) is 6.54. The Kier molecular flexibility index (Phi) is 0.852. The highest BCUT2D eigenvalue weighted by Crippen LogP contribution is 2.58. The predicted octanol–water partition coefficient (Wildman–Crippen LogP) is 1.54. The first-order valence-electron chi connectivity index (χ1n) is 3.91. The van der Waals surface area contributed by atoms with Crippen molar-refractivity contribution in [3.05, 3.63) is 0 Å². The van der Waals surface area contributed by atoms with Crippen LogP contribution < -0.4 is 5.32 Å². The molecule has 9 heavy (non-hydrogen) atoms. The molecule has 1 saturated heterocycles. The van der Waals surface area contributed by atoms with Gasteiger partial charge in [-0.1, -0.05) is 0 Å². The van der Waals surface area contributed by atoms with Crippen LogP contribution in [0, 0.1) is 5.41 Å². The first-order chi connectivity index (χ1) is 4.16. The summed E-state index contributed by atoms with van der Waals surface area (Å²) in [7, 11) is 0. The second-order valence-electron chi connectivity index (χ2n) is 4.08. The molecule has 2 fully saturated rings. The molecular weight excluding hydrogens is 110 g/mol. The minimum atomic E-state index is 0.451. The smallest absolute Gasteiger partial charge is 0.0181 e. The van der Waals surface area contributed by atoms with Crippen LogP contribution in [0.5, 0.6) is 0 Å². The second-order valence-corrected chi connectivity index (χ2v) is 4.08. The van der Waals surface area contributed by atoms with Crippen molar-refractivity contribution < 1.29 is 0 Å². The highest BCUT2D eigenvalue weighted by atomic mass is 15.0. The highest BCUT2D eigenvalue weighted by Gasteiger charge is 2.56. The van der Waals surface area contributed by atoms with Gasteiger partial charge >= 0.3 is 0 Å². The van der Waals surface area contributed by atoms with Gasteiger partial charge in [-0.05, 0) is 45.1 Å². The van der Waals surface area contributed by atoms with E-state index < -0.39 is 0 Å². The van der Waals surface area contributed by atoms with E-state index in [0.717, 1.165) is 5.41 Å². The molecule has 2 rings (SSSR count). The average molecular weight is 125 g/mol. The molecule has 1 nitrogen and oxygen atoms in total. The molecule has 1 aliphatic heterocycles. The molecule has 0 bridgehead atoms. The minimum absolute atomic E-state index is 0.451. The van der Waals surface area contributed by atoms with E-state index in [1.807, 2.05) is 0 Å². The molecule has 1 heteroatoms. The van der Waals surface area contributed by atoms with Gasteiger partial charge in [0.25, 0.3) is 0 Å². The monoisotopic (exact) mass is 125 g/mol. The molecule has 1 aliphatic carbocycles. The third kappa shape index (κ3) is 0.586. The molecule has 0 unspecified atom stereocenters. The van der Waals surface area contributed by atoms with Crippen molar-refractivity contribution >= 4 is 0 Å². The zero-order valence-corrected chi connectivity index (χ0v) is 6.33. The average Bonchev–Trinajstić information content (AvgIpc) is 2.41. The lowest BCUT2D eigenvalue weighted by molar-refractivity contribution is 0.312. The zero-order valence-electron chi connectivity index (χ0n) is 6.33. The lowest BCUT2D eigenvalue weighted by Gasteiger charge is -2.26. The van der Waals surface area contributed by atoms with Gasteiger partial charge in [0.2, 0.25) is 0 Å². The molecule has 0 radical (unpaired) electrons. The van der Waals surface area contributed by atoms with Gasteiger partial charge in [-0.2, -0.15) is 0 Å². The standard InChI is InChI=1S/C8H15N/c1-7(2)8(3-4-8)5-6-9-7/h9H,3-6H2,1-2H3. The summed E-state index contributed by atoms with van der Waals surface area (Å²) in [6.45, 7) is 5.92. The van der Waals surface area contributed by atoms with E-state index >= 15 is 0 Å². The summed E-state index contributed by atoms with van der Waals surface area (Å²) < 4.78 is 0. The summed E-state index contributed by atoms with van der Waals surface area (Å²) in [5.74, 6) is 0. The molecular formula is C8H15N. The van der Waals surface area contributed by atoms with Crippen molar-refractivity contribution in [3.8, 4) is 0 Å². The Labute approximate surface area is 56.8 Å². The topological polar surface area (TPSA) is 12.0 Å². The van der Waals surface area contributed by atoms with Gasteiger partial charge in [0.05, 0.1) is 0 Å². The molecule has 1 saturated carbocycles. The molecule has 0 aromatic carbocycles. The van der Waals surface area contributed by atoms with E-state index in [2.05, 4.69) is 19.2 Å². The van der Waals surface area contributed by atoms with E-state index in [4.69, 9.17) is 0 Å². The van der Waals surface area contributed by atoms with Crippen molar-refractivity contribution in [2.75, 3.05) is 6.54 Å². The highest BCUT2D eigenvalue weighted by molar-refractivity contribution is 5.12. The van der Waals surface area contributed by atoms with Crippen molar-refractivity contribution in [3.63, 3.8) is 0 Å². The summed E-state index contributed by atoms with van der Waals surface area (Å²) in [5, 5.41) is 3.55. The van der Waals surface area contributed by atoms with Gasteiger partial charge < -0.3 is 5.32 Å². The van der Waals surface area contributed by atoms with E-state index in [1.165, 1.54) is 25.8 Å². The second kappa shape index (κ2) is 1.34. The van der Waals surface area contributed by atoms with E-state index in [1.54, 1.807) is 0 Å². The summed E-state index contributed by atoms with van der Waals surface area (Å²) in [4.78, 5) is 0. The molecule has 52 valence electrons. The maximum absolute atomic E-state index is 3.55. The summed E-state index contributed by atoms with van der Waals surface area (Å²) in [6.07, 6.45) is 4.35. The number of hydrogen-bond acceptors (Lipinski definition) is 1. The van der Waals surface area contributed by atoms with Gasteiger partial charge in [-0.25, -0.2) is 0 Å². The first-order valence-corrected chi connectivity index (χ1v) is 3.91. The molecule has 2 aliphatic rings. The third-order valence-corrected chi connectivity index (χ3v) is 3.35. The van der Waals surface area contributed by atoms with Gasteiger partial charge in [0, 0.05) is 5.54 Å². The van der Waals surface area contributed by atoms with Crippen LogP contribution >= 0.6 is 0 Å². The number of rotatable bonds is 0. The Hall–Kier alpha value is -0.0400. The molecule has 1 heterocycles. The normalized spacial score (nSPS) is 35.3. The van der Waals surface area contributed by atoms with Crippen LogP contribution in [0.15, 0.2) is 0 Å². The van der Waals surface area contributed by atoms with Crippen LogP contribution in [0.2, 0.25) is 0 Å². The Morgan fingerprint density at radius 3 is 2.00 bits per heavy atom. The minimum Gasteiger partial charge on any atom is -0.311 e. The van der Waals surface area contributed by atoms with E-state index in [0.29, 0.717) is 5.54 Å². The van der Waals surface area contributed by atoms with Crippen LogP contribution in [0.1, 0.15) is 33.1 Å². The molecule has 1 N–H and O–H groups in total. The van der Waals surface area contributed by atoms with Crippen LogP contribution in [0.4, 0.5) is 0 Å². The molecule has 1 spiro atoms. The number of nitrogens with one attached hydrogen (secondary N) is 1. The Morgan fingerprint density at radius 1 is 1.11 bits per heavy atom. The largest absolute Gasteiger partial charge is 0.311 e. The Bertz CT molecular complexity index is 130. The quantitative estimate of drug-likeness (QED) is 0.518. The van der Waals surface area contributed by atoms with Crippen LogP contribution in [0.25, 0.3) is 0 Å². The number of hydrogen-bond donors (Lipinski definition) is 1. The first kappa shape index (κ1) is 5.72. The Balaban J connectivity index is 2.23. The predicted molar refractivity (Wildman–Crippen MR) is 38.4 cm³/mol. The summed E-state index contributed by atoms with van der Waals surface area (Å²) in [6, 6.07) is 0. The van der Waals surface area contributed by atoms with E-state index in [9.17, 15) is 0 Å². The third-order valence-electron chi connectivity index (χ3n) is 3.35. The SMILES string of the molecule is CC1(C)NCCC12CC2. The fraction of sp³-hybridized carbons (Fsp3) is 1.00. The van der Waals surface area contributed by atoms with Gasteiger partial charge in [0.15, 0.2) is 0 Å². The van der Waals surface area contributed by atoms with Crippen molar-refractivity contribution in [1.29, 1.82) is 0 Å². The van der Waals surface area contributed by atoms with Gasteiger partial charge in [-0.3, -0.25) is 0 Å². The van der Waals surface area contributed by atoms with Gasteiger partial charge in [0.1, 0.15) is 0 Å². The molecule has 0 aromatic rings. The van der Waals surface area contributed by atoms with Crippen molar-refractivity contribution in [2.45, 2.75) is 38.6 Å². The maximum Gasteiger partial charge on any atom is 0.0181 e.